The molecule has 3 aliphatic rings. The first kappa shape index (κ1) is 23.7. The van der Waals surface area contributed by atoms with Crippen LogP contribution in [0.25, 0.3) is 0 Å². The van der Waals surface area contributed by atoms with E-state index in [1.807, 2.05) is 0 Å². The fourth-order valence-corrected chi connectivity index (χ4v) is 5.92. The molecule has 2 aliphatic heterocycles. The van der Waals surface area contributed by atoms with Crippen molar-refractivity contribution in [1.82, 2.24) is 10.2 Å². The molecule has 5 nitrogen and oxygen atoms in total. The number of carbonyl (C=O) groups excluding carboxylic acids is 1. The lowest BCUT2D eigenvalue weighted by molar-refractivity contribution is -0.275. The predicted molar refractivity (Wildman–Crippen MR) is 121 cm³/mol. The number of rotatable bonds is 4. The molecule has 1 saturated carbocycles. The number of benzene rings is 1. The molecule has 5 rings (SSSR count). The van der Waals surface area contributed by atoms with E-state index >= 15 is 0 Å². The van der Waals surface area contributed by atoms with Crippen molar-refractivity contribution in [3.63, 3.8) is 0 Å². The molecule has 1 fully saturated rings. The van der Waals surface area contributed by atoms with Gasteiger partial charge in [-0.25, -0.2) is 4.39 Å². The quantitative estimate of drug-likeness (QED) is 0.373. The van der Waals surface area contributed by atoms with E-state index in [4.69, 9.17) is 28.0 Å². The van der Waals surface area contributed by atoms with Gasteiger partial charge in [-0.1, -0.05) is 34.8 Å². The summed E-state index contributed by atoms with van der Waals surface area (Å²) in [4.78, 5) is 20.6. The Morgan fingerprint density at radius 2 is 1.94 bits per heavy atom. The molecule has 34 heavy (non-hydrogen) atoms. The average Bonchev–Trinajstić information content (AvgIpc) is 3.43. The number of hydrogen-bond donors (Lipinski definition) is 1. The second-order valence-electron chi connectivity index (χ2n) is 8.78. The largest absolute Gasteiger partial charge is 0.435 e. The van der Waals surface area contributed by atoms with Gasteiger partial charge in [0.2, 0.25) is 0 Å². The summed E-state index contributed by atoms with van der Waals surface area (Å²) in [5.41, 5.74) is -2.38. The molecule has 1 N–H and O–H groups in total. The van der Waals surface area contributed by atoms with Gasteiger partial charge >= 0.3 is 6.18 Å². The van der Waals surface area contributed by atoms with Crippen LogP contribution in [0.3, 0.4) is 0 Å². The SMILES string of the molecule is O=C(NCC1CCC1)c1cc2c(s1)CN(C1=NOC(c3cc(Cl)c(F)c(Cl)c3)(C(F)(F)F)C1)C2. The van der Waals surface area contributed by atoms with Crippen LogP contribution in [0.15, 0.2) is 23.4 Å². The zero-order valence-corrected chi connectivity index (χ0v) is 20.0. The minimum absolute atomic E-state index is 0.105. The van der Waals surface area contributed by atoms with Crippen LogP contribution in [-0.2, 0) is 23.5 Å². The number of alkyl halides is 3. The minimum Gasteiger partial charge on any atom is -0.372 e. The van der Waals surface area contributed by atoms with E-state index in [9.17, 15) is 22.4 Å². The number of fused-ring (bicyclic) bond motifs is 1. The minimum atomic E-state index is -4.86. The third-order valence-corrected chi connectivity index (χ3v) is 8.29. The zero-order chi connectivity index (χ0) is 24.3. The first-order chi connectivity index (χ1) is 16.1. The Morgan fingerprint density at radius 3 is 2.53 bits per heavy atom. The lowest BCUT2D eigenvalue weighted by atomic mass is 9.85. The summed E-state index contributed by atoms with van der Waals surface area (Å²) in [5, 5.41) is 5.64. The van der Waals surface area contributed by atoms with Crippen LogP contribution in [0.2, 0.25) is 10.0 Å². The van der Waals surface area contributed by atoms with Gasteiger partial charge in [0.05, 0.1) is 27.9 Å². The highest BCUT2D eigenvalue weighted by Crippen LogP contribution is 2.50. The Kier molecular flexibility index (Phi) is 5.97. The Balaban J connectivity index is 1.30. The summed E-state index contributed by atoms with van der Waals surface area (Å²) < 4.78 is 56.4. The van der Waals surface area contributed by atoms with Crippen LogP contribution in [0, 0.1) is 11.7 Å². The number of nitrogens with zero attached hydrogens (tertiary/aromatic N) is 2. The molecular weight excluding hydrogens is 517 g/mol. The molecule has 0 bridgehead atoms. The van der Waals surface area contributed by atoms with Gasteiger partial charge in [-0.2, -0.15) is 13.2 Å². The molecule has 1 atom stereocenters. The van der Waals surface area contributed by atoms with E-state index in [2.05, 4.69) is 10.5 Å². The van der Waals surface area contributed by atoms with Crippen molar-refractivity contribution in [3.05, 3.63) is 54.9 Å². The number of thiophene rings is 1. The number of oxime groups is 1. The van der Waals surface area contributed by atoms with Gasteiger partial charge < -0.3 is 15.1 Å². The predicted octanol–water partition coefficient (Wildman–Crippen LogP) is 6.23. The first-order valence-electron chi connectivity index (χ1n) is 10.7. The summed E-state index contributed by atoms with van der Waals surface area (Å²) in [6.07, 6.45) is -2.00. The monoisotopic (exact) mass is 535 g/mol. The van der Waals surface area contributed by atoms with Crippen molar-refractivity contribution in [1.29, 1.82) is 0 Å². The van der Waals surface area contributed by atoms with E-state index in [-0.39, 0.29) is 11.7 Å². The van der Waals surface area contributed by atoms with Crippen LogP contribution in [0.5, 0.6) is 0 Å². The number of halogens is 6. The van der Waals surface area contributed by atoms with Crippen molar-refractivity contribution in [2.45, 2.75) is 50.6 Å². The summed E-state index contributed by atoms with van der Waals surface area (Å²) in [5.74, 6) is -0.472. The smallest absolute Gasteiger partial charge is 0.372 e. The van der Waals surface area contributed by atoms with Crippen LogP contribution in [0.4, 0.5) is 17.6 Å². The molecule has 1 unspecified atom stereocenters. The number of amidine groups is 1. The maximum absolute atomic E-state index is 14.2. The second-order valence-corrected chi connectivity index (χ2v) is 10.7. The van der Waals surface area contributed by atoms with Gasteiger partial charge in [0, 0.05) is 23.5 Å². The van der Waals surface area contributed by atoms with Crippen molar-refractivity contribution in [3.8, 4) is 0 Å². The lowest BCUT2D eigenvalue weighted by Gasteiger charge is -2.30. The molecule has 0 radical (unpaired) electrons. The second kappa shape index (κ2) is 8.57. The molecular formula is C22H19Cl2F4N3O2S. The molecule has 2 aromatic rings. The summed E-state index contributed by atoms with van der Waals surface area (Å²) in [6, 6.07) is 3.51. The molecule has 0 spiro atoms. The van der Waals surface area contributed by atoms with Crippen molar-refractivity contribution < 1.29 is 27.2 Å². The molecule has 1 aliphatic carbocycles. The molecule has 182 valence electrons. The average molecular weight is 536 g/mol. The Bertz CT molecular complexity index is 1130. The van der Waals surface area contributed by atoms with Gasteiger partial charge in [0.1, 0.15) is 5.84 Å². The van der Waals surface area contributed by atoms with Crippen molar-refractivity contribution in [2.75, 3.05) is 6.54 Å². The molecule has 1 aromatic heterocycles. The maximum Gasteiger partial charge on any atom is 0.435 e. The Hall–Kier alpha value is -2.04. The number of hydrogen-bond acceptors (Lipinski definition) is 5. The zero-order valence-electron chi connectivity index (χ0n) is 17.6. The van der Waals surface area contributed by atoms with Crippen LogP contribution >= 0.6 is 34.5 Å². The normalized spacial score (nSPS) is 22.3. The molecule has 12 heteroatoms. The van der Waals surface area contributed by atoms with Crippen LogP contribution < -0.4 is 5.32 Å². The maximum atomic E-state index is 14.2. The van der Waals surface area contributed by atoms with E-state index in [1.165, 1.54) is 17.8 Å². The highest BCUT2D eigenvalue weighted by molar-refractivity contribution is 7.14. The Labute approximate surface area is 206 Å². The van der Waals surface area contributed by atoms with E-state index in [0.29, 0.717) is 30.4 Å². The standard InChI is InChI=1S/C22H19Cl2F4N3O2S/c23-14-5-13(6-15(24)19(14)25)21(22(26,27)28)7-18(30-33-21)31-9-12-4-16(34-17(12)10-31)20(32)29-8-11-2-1-3-11/h4-6,11H,1-3,7-10H2,(H,29,32). The van der Waals surface area contributed by atoms with Crippen LogP contribution in [0.1, 0.15) is 51.4 Å². The third-order valence-electron chi connectivity index (χ3n) is 6.58. The van der Waals surface area contributed by atoms with Gasteiger partial charge in [0.15, 0.2) is 5.82 Å². The molecule has 3 heterocycles. The summed E-state index contributed by atoms with van der Waals surface area (Å²) >= 11 is 12.8. The topological polar surface area (TPSA) is 53.9 Å². The number of carbonyl (C=O) groups is 1. The van der Waals surface area contributed by atoms with E-state index in [1.54, 1.807) is 11.0 Å². The van der Waals surface area contributed by atoms with Crippen LogP contribution in [-0.4, -0.2) is 29.4 Å². The van der Waals surface area contributed by atoms with Gasteiger partial charge in [-0.15, -0.1) is 11.3 Å². The Morgan fingerprint density at radius 1 is 1.24 bits per heavy atom. The number of nitrogens with one attached hydrogen (secondary N) is 1. The lowest BCUT2D eigenvalue weighted by Crippen LogP contribution is -2.44. The van der Waals surface area contributed by atoms with Gasteiger partial charge in [0.25, 0.3) is 11.5 Å². The number of amides is 1. The van der Waals surface area contributed by atoms with E-state index in [0.717, 1.165) is 35.4 Å². The fourth-order valence-electron chi connectivity index (χ4n) is 4.33. The highest BCUT2D eigenvalue weighted by atomic mass is 35.5. The first-order valence-corrected chi connectivity index (χ1v) is 12.3. The highest BCUT2D eigenvalue weighted by Gasteiger charge is 2.63. The molecule has 1 aromatic carbocycles. The van der Waals surface area contributed by atoms with Gasteiger partial charge in [-0.3, -0.25) is 4.79 Å². The van der Waals surface area contributed by atoms with E-state index < -0.39 is 39.6 Å². The molecule has 1 amide bonds. The van der Waals surface area contributed by atoms with Crippen molar-refractivity contribution >= 4 is 46.3 Å². The van der Waals surface area contributed by atoms with Gasteiger partial charge in [-0.05, 0) is 42.5 Å². The molecule has 0 saturated heterocycles. The summed E-state index contributed by atoms with van der Waals surface area (Å²) in [6.45, 7) is 1.29. The summed E-state index contributed by atoms with van der Waals surface area (Å²) in [7, 11) is 0. The fraction of sp³-hybridized carbons (Fsp3) is 0.455. The van der Waals surface area contributed by atoms with Crippen molar-refractivity contribution in [2.24, 2.45) is 11.1 Å². The third kappa shape index (κ3) is 4.03.